The first kappa shape index (κ1) is 11.7. The fourth-order valence-electron chi connectivity index (χ4n) is 2.18. The molecule has 4 nitrogen and oxygen atoms in total. The highest BCUT2D eigenvalue weighted by Crippen LogP contribution is 2.17. The van der Waals surface area contributed by atoms with Crippen molar-refractivity contribution in [2.24, 2.45) is 0 Å². The maximum atomic E-state index is 5.16. The number of hydrogen-bond acceptors (Lipinski definition) is 3. The summed E-state index contributed by atoms with van der Waals surface area (Å²) < 4.78 is 7.10. The number of benzene rings is 1. The number of fused-ring (bicyclic) bond motifs is 1. The summed E-state index contributed by atoms with van der Waals surface area (Å²) in [6.07, 6.45) is 1.80. The Morgan fingerprint density at radius 3 is 2.68 bits per heavy atom. The second-order valence-electron chi connectivity index (χ2n) is 4.47. The van der Waals surface area contributed by atoms with Gasteiger partial charge in [0, 0.05) is 11.6 Å². The molecule has 0 fully saturated rings. The number of hydrogen-bond donors (Lipinski definition) is 0. The van der Waals surface area contributed by atoms with Crippen molar-refractivity contribution in [3.8, 4) is 5.75 Å². The van der Waals surface area contributed by atoms with Gasteiger partial charge in [0.2, 0.25) is 0 Å². The summed E-state index contributed by atoms with van der Waals surface area (Å²) in [5, 5.41) is 5.66. The van der Waals surface area contributed by atoms with E-state index >= 15 is 0 Å². The molecule has 0 aliphatic heterocycles. The van der Waals surface area contributed by atoms with Crippen LogP contribution in [-0.2, 0) is 6.54 Å². The first-order valence-electron chi connectivity index (χ1n) is 6.19. The van der Waals surface area contributed by atoms with Crippen molar-refractivity contribution in [1.82, 2.24) is 14.8 Å². The highest BCUT2D eigenvalue weighted by molar-refractivity contribution is 5.77. The van der Waals surface area contributed by atoms with E-state index in [2.05, 4.69) is 16.1 Å². The van der Waals surface area contributed by atoms with Crippen molar-refractivity contribution >= 4 is 11.0 Å². The topological polar surface area (TPSA) is 39.9 Å². The van der Waals surface area contributed by atoms with E-state index in [0.29, 0.717) is 6.54 Å². The number of methoxy groups -OCH3 is 1. The Kier molecular flexibility index (Phi) is 2.91. The van der Waals surface area contributed by atoms with E-state index in [4.69, 9.17) is 4.74 Å². The molecular weight excluding hydrogens is 238 g/mol. The van der Waals surface area contributed by atoms with E-state index in [1.807, 2.05) is 41.9 Å². The van der Waals surface area contributed by atoms with Gasteiger partial charge >= 0.3 is 0 Å². The summed E-state index contributed by atoms with van der Waals surface area (Å²) in [7, 11) is 1.67. The minimum absolute atomic E-state index is 0.714. The summed E-state index contributed by atoms with van der Waals surface area (Å²) >= 11 is 0. The summed E-state index contributed by atoms with van der Waals surface area (Å²) in [5.74, 6) is 0.864. The van der Waals surface area contributed by atoms with Crippen LogP contribution >= 0.6 is 0 Å². The zero-order chi connectivity index (χ0) is 13.2. The van der Waals surface area contributed by atoms with Crippen molar-refractivity contribution in [1.29, 1.82) is 0 Å². The minimum Gasteiger partial charge on any atom is -0.497 e. The van der Waals surface area contributed by atoms with Crippen molar-refractivity contribution < 1.29 is 4.74 Å². The van der Waals surface area contributed by atoms with Gasteiger partial charge in [0.25, 0.3) is 0 Å². The maximum absolute atomic E-state index is 5.16. The van der Waals surface area contributed by atoms with Crippen molar-refractivity contribution in [3.05, 3.63) is 53.9 Å². The van der Waals surface area contributed by atoms with Gasteiger partial charge in [-0.25, -0.2) is 9.67 Å². The number of aryl methyl sites for hydroxylation is 1. The van der Waals surface area contributed by atoms with Gasteiger partial charge in [0.15, 0.2) is 5.65 Å². The molecule has 0 N–H and O–H groups in total. The second kappa shape index (κ2) is 4.72. The summed E-state index contributed by atoms with van der Waals surface area (Å²) in [4.78, 5) is 4.41. The van der Waals surface area contributed by atoms with Crippen LogP contribution in [0.3, 0.4) is 0 Å². The predicted molar refractivity (Wildman–Crippen MR) is 74.4 cm³/mol. The third-order valence-corrected chi connectivity index (χ3v) is 3.18. The highest BCUT2D eigenvalue weighted by atomic mass is 16.5. The van der Waals surface area contributed by atoms with E-state index in [-0.39, 0.29) is 0 Å². The van der Waals surface area contributed by atoms with Gasteiger partial charge in [-0.1, -0.05) is 12.1 Å². The molecule has 0 radical (unpaired) electrons. The Labute approximate surface area is 111 Å². The van der Waals surface area contributed by atoms with E-state index in [1.165, 1.54) is 5.56 Å². The monoisotopic (exact) mass is 253 g/mol. The smallest absolute Gasteiger partial charge is 0.158 e. The largest absolute Gasteiger partial charge is 0.497 e. The molecule has 0 aliphatic carbocycles. The van der Waals surface area contributed by atoms with Crippen LogP contribution in [0.5, 0.6) is 5.75 Å². The fourth-order valence-corrected chi connectivity index (χ4v) is 2.18. The average Bonchev–Trinajstić information content (AvgIpc) is 2.77. The number of rotatable bonds is 3. The lowest BCUT2D eigenvalue weighted by atomic mass is 10.2. The lowest BCUT2D eigenvalue weighted by Crippen LogP contribution is -2.02. The lowest BCUT2D eigenvalue weighted by molar-refractivity contribution is 0.414. The summed E-state index contributed by atoms with van der Waals surface area (Å²) in [6.45, 7) is 2.72. The molecule has 0 unspecified atom stereocenters. The van der Waals surface area contributed by atoms with Gasteiger partial charge in [-0.3, -0.25) is 0 Å². The SMILES string of the molecule is COc1ccc(Cn2nc(C)c3cccnc32)cc1. The fraction of sp³-hybridized carbons (Fsp3) is 0.200. The molecule has 0 saturated carbocycles. The maximum Gasteiger partial charge on any atom is 0.158 e. The van der Waals surface area contributed by atoms with Crippen molar-refractivity contribution in [2.75, 3.05) is 7.11 Å². The molecule has 3 aromatic rings. The molecular formula is C15H15N3O. The van der Waals surface area contributed by atoms with Gasteiger partial charge in [-0.2, -0.15) is 5.10 Å². The molecule has 0 spiro atoms. The highest BCUT2D eigenvalue weighted by Gasteiger charge is 2.08. The van der Waals surface area contributed by atoms with Crippen LogP contribution in [0.1, 0.15) is 11.3 Å². The van der Waals surface area contributed by atoms with E-state index in [9.17, 15) is 0 Å². The van der Waals surface area contributed by atoms with Crippen LogP contribution in [0.25, 0.3) is 11.0 Å². The number of pyridine rings is 1. The van der Waals surface area contributed by atoms with Gasteiger partial charge in [-0.05, 0) is 36.8 Å². The Balaban J connectivity index is 1.96. The normalized spacial score (nSPS) is 10.8. The Bertz CT molecular complexity index is 701. The third-order valence-electron chi connectivity index (χ3n) is 3.18. The number of ether oxygens (including phenoxy) is 1. The van der Waals surface area contributed by atoms with Crippen molar-refractivity contribution in [3.63, 3.8) is 0 Å². The summed E-state index contributed by atoms with van der Waals surface area (Å²) in [6, 6.07) is 12.0. The first-order chi connectivity index (χ1) is 9.28. The Hall–Kier alpha value is -2.36. The standard InChI is InChI=1S/C15H15N3O/c1-11-14-4-3-9-16-15(14)18(17-11)10-12-5-7-13(19-2)8-6-12/h3-9H,10H2,1-2H3. The Morgan fingerprint density at radius 2 is 1.95 bits per heavy atom. The molecule has 0 amide bonds. The lowest BCUT2D eigenvalue weighted by Gasteiger charge is -2.04. The zero-order valence-electron chi connectivity index (χ0n) is 11.0. The number of nitrogens with zero attached hydrogens (tertiary/aromatic N) is 3. The second-order valence-corrected chi connectivity index (χ2v) is 4.47. The molecule has 0 aliphatic rings. The van der Waals surface area contributed by atoms with E-state index < -0.39 is 0 Å². The molecule has 0 saturated heterocycles. The van der Waals surface area contributed by atoms with Gasteiger partial charge in [0.05, 0.1) is 19.3 Å². The Morgan fingerprint density at radius 1 is 1.16 bits per heavy atom. The molecule has 96 valence electrons. The minimum atomic E-state index is 0.714. The predicted octanol–water partition coefficient (Wildman–Crippen LogP) is 2.80. The van der Waals surface area contributed by atoms with Gasteiger partial charge in [0.1, 0.15) is 5.75 Å². The number of aromatic nitrogens is 3. The summed E-state index contributed by atoms with van der Waals surface area (Å²) in [5.41, 5.74) is 3.11. The zero-order valence-corrected chi connectivity index (χ0v) is 11.0. The van der Waals surface area contributed by atoms with Crippen molar-refractivity contribution in [2.45, 2.75) is 13.5 Å². The van der Waals surface area contributed by atoms with Crippen LogP contribution in [-0.4, -0.2) is 21.9 Å². The molecule has 19 heavy (non-hydrogen) atoms. The molecule has 0 atom stereocenters. The molecule has 2 aromatic heterocycles. The van der Waals surface area contributed by atoms with E-state index in [0.717, 1.165) is 22.5 Å². The van der Waals surface area contributed by atoms with Crippen LogP contribution in [0.4, 0.5) is 0 Å². The molecule has 0 bridgehead atoms. The average molecular weight is 253 g/mol. The third kappa shape index (κ3) is 2.17. The van der Waals surface area contributed by atoms with E-state index in [1.54, 1.807) is 13.3 Å². The molecule has 2 heterocycles. The van der Waals surface area contributed by atoms with Crippen LogP contribution < -0.4 is 4.74 Å². The van der Waals surface area contributed by atoms with Gasteiger partial charge in [-0.15, -0.1) is 0 Å². The van der Waals surface area contributed by atoms with Crippen LogP contribution in [0, 0.1) is 6.92 Å². The quantitative estimate of drug-likeness (QED) is 0.720. The van der Waals surface area contributed by atoms with Gasteiger partial charge < -0.3 is 4.74 Å². The molecule has 3 rings (SSSR count). The van der Waals surface area contributed by atoms with Crippen LogP contribution in [0.2, 0.25) is 0 Å². The molecule has 1 aromatic carbocycles. The van der Waals surface area contributed by atoms with Crippen LogP contribution in [0.15, 0.2) is 42.6 Å². The first-order valence-corrected chi connectivity index (χ1v) is 6.19. The molecule has 4 heteroatoms.